The summed E-state index contributed by atoms with van der Waals surface area (Å²) >= 11 is 6.29. The van der Waals surface area contributed by atoms with Crippen LogP contribution in [0.5, 0.6) is 5.75 Å². The first-order chi connectivity index (χ1) is 13.4. The molecule has 2 aromatic carbocycles. The maximum atomic E-state index is 12.6. The van der Waals surface area contributed by atoms with Crippen molar-refractivity contribution in [2.75, 3.05) is 0 Å². The van der Waals surface area contributed by atoms with E-state index in [4.69, 9.17) is 16.3 Å². The molecule has 1 aliphatic heterocycles. The van der Waals surface area contributed by atoms with Crippen molar-refractivity contribution in [1.29, 1.82) is 0 Å². The highest BCUT2D eigenvalue weighted by molar-refractivity contribution is 6.32. The van der Waals surface area contributed by atoms with Gasteiger partial charge in [-0.25, -0.2) is 4.79 Å². The Morgan fingerprint density at radius 1 is 1.18 bits per heavy atom. The van der Waals surface area contributed by atoms with E-state index in [1.807, 2.05) is 45.0 Å². The number of nitrogens with zero attached hydrogens (tertiary/aromatic N) is 1. The summed E-state index contributed by atoms with van der Waals surface area (Å²) in [6.07, 6.45) is 2.56. The van der Waals surface area contributed by atoms with Gasteiger partial charge in [-0.1, -0.05) is 54.4 Å². The molecule has 1 N–H and O–H groups in total. The van der Waals surface area contributed by atoms with Crippen molar-refractivity contribution < 1.29 is 14.3 Å². The molecular weight excluding hydrogens is 376 g/mol. The van der Waals surface area contributed by atoms with Crippen LogP contribution in [0.3, 0.4) is 0 Å². The molecule has 1 aliphatic rings. The SMILES string of the molecule is CC[C@@H](C)Oc1ccc(/C=C2\NC(=O)N(Cc3ccc(C)cc3)C2=O)cc1Cl. The second-order valence-electron chi connectivity index (χ2n) is 6.89. The highest BCUT2D eigenvalue weighted by Crippen LogP contribution is 2.28. The molecule has 0 saturated carbocycles. The number of hydrogen-bond acceptors (Lipinski definition) is 3. The average Bonchev–Trinajstić information content (AvgIpc) is 2.93. The lowest BCUT2D eigenvalue weighted by Crippen LogP contribution is -2.30. The van der Waals surface area contributed by atoms with Crippen LogP contribution in [0.25, 0.3) is 6.08 Å². The monoisotopic (exact) mass is 398 g/mol. The van der Waals surface area contributed by atoms with Crippen LogP contribution in [0.1, 0.15) is 37.0 Å². The van der Waals surface area contributed by atoms with Crippen LogP contribution in [0, 0.1) is 6.92 Å². The second-order valence-corrected chi connectivity index (χ2v) is 7.30. The van der Waals surface area contributed by atoms with E-state index >= 15 is 0 Å². The number of halogens is 1. The summed E-state index contributed by atoms with van der Waals surface area (Å²) in [6.45, 7) is 6.23. The van der Waals surface area contributed by atoms with Crippen molar-refractivity contribution in [2.45, 2.75) is 39.8 Å². The quantitative estimate of drug-likeness (QED) is 0.555. The number of benzene rings is 2. The Morgan fingerprint density at radius 2 is 1.89 bits per heavy atom. The first-order valence-electron chi connectivity index (χ1n) is 9.23. The first kappa shape index (κ1) is 20.0. The summed E-state index contributed by atoms with van der Waals surface area (Å²) < 4.78 is 5.75. The fourth-order valence-electron chi connectivity index (χ4n) is 2.76. The Kier molecular flexibility index (Phi) is 6.05. The third-order valence-electron chi connectivity index (χ3n) is 4.59. The van der Waals surface area contributed by atoms with E-state index in [0.717, 1.165) is 17.5 Å². The van der Waals surface area contributed by atoms with Crippen LogP contribution in [0.2, 0.25) is 5.02 Å². The van der Waals surface area contributed by atoms with Gasteiger partial charge in [-0.05, 0) is 49.6 Å². The predicted octanol–water partition coefficient (Wildman–Crippen LogP) is 4.92. The van der Waals surface area contributed by atoms with Crippen LogP contribution in [0.4, 0.5) is 4.79 Å². The third kappa shape index (κ3) is 4.54. The van der Waals surface area contributed by atoms with Gasteiger partial charge in [0.25, 0.3) is 5.91 Å². The van der Waals surface area contributed by atoms with Crippen LogP contribution in [0.15, 0.2) is 48.2 Å². The molecule has 2 aromatic rings. The predicted molar refractivity (Wildman–Crippen MR) is 110 cm³/mol. The van der Waals surface area contributed by atoms with Crippen molar-refractivity contribution in [1.82, 2.24) is 10.2 Å². The van der Waals surface area contributed by atoms with E-state index in [1.165, 1.54) is 4.90 Å². The second kappa shape index (κ2) is 8.48. The maximum absolute atomic E-state index is 12.6. The summed E-state index contributed by atoms with van der Waals surface area (Å²) in [7, 11) is 0. The number of imide groups is 1. The molecule has 0 spiro atoms. The molecule has 0 aliphatic carbocycles. The van der Waals surface area contributed by atoms with Crippen molar-refractivity contribution in [3.8, 4) is 5.75 Å². The maximum Gasteiger partial charge on any atom is 0.329 e. The van der Waals surface area contributed by atoms with Gasteiger partial charge in [0.2, 0.25) is 0 Å². The zero-order valence-electron chi connectivity index (χ0n) is 16.2. The molecule has 6 heteroatoms. The van der Waals surface area contributed by atoms with Gasteiger partial charge in [0.15, 0.2) is 0 Å². The lowest BCUT2D eigenvalue weighted by molar-refractivity contribution is -0.123. The normalized spacial score (nSPS) is 16.4. The van der Waals surface area contributed by atoms with Gasteiger partial charge in [-0.15, -0.1) is 0 Å². The number of carbonyl (C=O) groups is 2. The van der Waals surface area contributed by atoms with Crippen molar-refractivity contribution in [2.24, 2.45) is 0 Å². The molecule has 5 nitrogen and oxygen atoms in total. The fraction of sp³-hybridized carbons (Fsp3) is 0.273. The molecule has 1 fully saturated rings. The summed E-state index contributed by atoms with van der Waals surface area (Å²) in [6, 6.07) is 12.6. The minimum absolute atomic E-state index is 0.0627. The topological polar surface area (TPSA) is 58.6 Å². The molecule has 3 rings (SSSR count). The zero-order chi connectivity index (χ0) is 20.3. The van der Waals surface area contributed by atoms with Crippen molar-refractivity contribution in [3.63, 3.8) is 0 Å². The molecule has 28 heavy (non-hydrogen) atoms. The Morgan fingerprint density at radius 3 is 2.54 bits per heavy atom. The number of hydrogen-bond donors (Lipinski definition) is 1. The lowest BCUT2D eigenvalue weighted by atomic mass is 10.1. The van der Waals surface area contributed by atoms with E-state index in [-0.39, 0.29) is 24.3 Å². The lowest BCUT2D eigenvalue weighted by Gasteiger charge is -2.14. The highest BCUT2D eigenvalue weighted by atomic mass is 35.5. The number of rotatable bonds is 6. The summed E-state index contributed by atoms with van der Waals surface area (Å²) in [5.74, 6) is 0.238. The third-order valence-corrected chi connectivity index (χ3v) is 4.89. The van der Waals surface area contributed by atoms with E-state index in [2.05, 4.69) is 5.32 Å². The fourth-order valence-corrected chi connectivity index (χ4v) is 2.99. The largest absolute Gasteiger partial charge is 0.489 e. The molecule has 0 bridgehead atoms. The number of aryl methyl sites for hydroxylation is 1. The van der Waals surface area contributed by atoms with Gasteiger partial charge in [0.1, 0.15) is 11.4 Å². The van der Waals surface area contributed by atoms with Gasteiger partial charge < -0.3 is 10.1 Å². The Balaban J connectivity index is 1.76. The minimum atomic E-state index is -0.431. The molecule has 1 saturated heterocycles. The molecular formula is C22H23ClN2O3. The van der Waals surface area contributed by atoms with Gasteiger partial charge in [0.05, 0.1) is 17.7 Å². The molecule has 3 amide bonds. The number of ether oxygens (including phenoxy) is 1. The molecule has 146 valence electrons. The van der Waals surface area contributed by atoms with Gasteiger partial charge in [-0.3, -0.25) is 9.69 Å². The van der Waals surface area contributed by atoms with E-state index in [0.29, 0.717) is 16.3 Å². The van der Waals surface area contributed by atoms with E-state index in [1.54, 1.807) is 24.3 Å². The van der Waals surface area contributed by atoms with Crippen LogP contribution in [-0.2, 0) is 11.3 Å². The van der Waals surface area contributed by atoms with Gasteiger partial charge in [-0.2, -0.15) is 0 Å². The van der Waals surface area contributed by atoms with Crippen LogP contribution in [-0.4, -0.2) is 22.9 Å². The van der Waals surface area contributed by atoms with Gasteiger partial charge in [0, 0.05) is 0 Å². The highest BCUT2D eigenvalue weighted by Gasteiger charge is 2.33. The average molecular weight is 399 g/mol. The Labute approximate surface area is 169 Å². The number of amides is 3. The molecule has 1 atom stereocenters. The van der Waals surface area contributed by atoms with E-state index in [9.17, 15) is 9.59 Å². The summed E-state index contributed by atoms with van der Waals surface area (Å²) in [5, 5.41) is 3.09. The standard InChI is InChI=1S/C22H23ClN2O3/c1-4-15(3)28-20-10-9-17(11-18(20)23)12-19-21(26)25(22(27)24-19)13-16-7-5-14(2)6-8-16/h5-12,15H,4,13H2,1-3H3,(H,24,27)/b19-12-/t15-/m1/s1. The summed E-state index contributed by atoms with van der Waals surface area (Å²) in [4.78, 5) is 26.1. The van der Waals surface area contributed by atoms with Gasteiger partial charge >= 0.3 is 6.03 Å². The minimum Gasteiger partial charge on any atom is -0.489 e. The number of nitrogens with one attached hydrogen (secondary N) is 1. The Hall–Kier alpha value is -2.79. The molecule has 1 heterocycles. The first-order valence-corrected chi connectivity index (χ1v) is 9.61. The number of urea groups is 1. The zero-order valence-corrected chi connectivity index (χ0v) is 16.9. The smallest absolute Gasteiger partial charge is 0.329 e. The molecule has 0 aromatic heterocycles. The van der Waals surface area contributed by atoms with Crippen LogP contribution >= 0.6 is 11.6 Å². The Bertz CT molecular complexity index is 922. The van der Waals surface area contributed by atoms with E-state index < -0.39 is 6.03 Å². The van der Waals surface area contributed by atoms with Crippen molar-refractivity contribution >= 4 is 29.6 Å². The summed E-state index contributed by atoms with van der Waals surface area (Å²) in [5.41, 5.74) is 2.95. The number of carbonyl (C=O) groups excluding carboxylic acids is 2. The van der Waals surface area contributed by atoms with Crippen molar-refractivity contribution in [3.05, 3.63) is 69.9 Å². The molecule has 0 radical (unpaired) electrons. The molecule has 0 unspecified atom stereocenters. The van der Waals surface area contributed by atoms with Crippen LogP contribution < -0.4 is 10.1 Å².